The Morgan fingerprint density at radius 2 is 1.68 bits per heavy atom. The second-order valence-electron chi connectivity index (χ2n) is 7.21. The van der Waals surface area contributed by atoms with Crippen molar-refractivity contribution in [3.05, 3.63) is 70.8 Å². The van der Waals surface area contributed by atoms with Crippen LogP contribution in [0.15, 0.2) is 48.6 Å². The summed E-state index contributed by atoms with van der Waals surface area (Å²) in [7, 11) is 3.04. The summed E-state index contributed by atoms with van der Waals surface area (Å²) in [5.41, 5.74) is 3.38. The Morgan fingerprint density at radius 1 is 1.00 bits per heavy atom. The molecule has 31 heavy (non-hydrogen) atoms. The first kappa shape index (κ1) is 21.8. The molecule has 1 aliphatic rings. The summed E-state index contributed by atoms with van der Waals surface area (Å²) >= 11 is 0. The van der Waals surface area contributed by atoms with E-state index >= 15 is 0 Å². The maximum atomic E-state index is 13.2. The SMILES string of the molecule is C=CCc1cc(C=C2C(=O)NC(=O)N(c3cc(C)cc(C)c3)C2=O)cc(OC)c1OC. The van der Waals surface area contributed by atoms with Crippen molar-refractivity contribution >= 4 is 29.6 Å². The molecule has 0 atom stereocenters. The van der Waals surface area contributed by atoms with Crippen molar-refractivity contribution in [2.75, 3.05) is 19.1 Å². The molecular weight excluding hydrogens is 396 g/mol. The molecule has 0 spiro atoms. The smallest absolute Gasteiger partial charge is 0.335 e. The normalized spacial score (nSPS) is 15.2. The number of barbiturate groups is 1. The zero-order valence-electron chi connectivity index (χ0n) is 17.9. The highest BCUT2D eigenvalue weighted by molar-refractivity contribution is 6.39. The van der Waals surface area contributed by atoms with Gasteiger partial charge in [0.25, 0.3) is 11.8 Å². The Hall–Kier alpha value is -3.87. The molecule has 160 valence electrons. The minimum atomic E-state index is -0.781. The summed E-state index contributed by atoms with van der Waals surface area (Å²) in [4.78, 5) is 39.1. The van der Waals surface area contributed by atoms with Gasteiger partial charge in [-0.1, -0.05) is 12.1 Å². The lowest BCUT2D eigenvalue weighted by atomic mass is 10.0. The molecule has 7 nitrogen and oxygen atoms in total. The number of anilines is 1. The van der Waals surface area contributed by atoms with Crippen LogP contribution in [-0.4, -0.2) is 32.1 Å². The van der Waals surface area contributed by atoms with Crippen LogP contribution in [0.2, 0.25) is 0 Å². The third-order valence-corrected chi connectivity index (χ3v) is 4.82. The molecule has 0 unspecified atom stereocenters. The van der Waals surface area contributed by atoms with E-state index in [-0.39, 0.29) is 5.57 Å². The summed E-state index contributed by atoms with van der Waals surface area (Å²) < 4.78 is 10.8. The largest absolute Gasteiger partial charge is 0.493 e. The number of hydrogen-bond donors (Lipinski definition) is 1. The van der Waals surface area contributed by atoms with E-state index in [0.29, 0.717) is 29.2 Å². The first-order valence-corrected chi connectivity index (χ1v) is 9.64. The van der Waals surface area contributed by atoms with Crippen LogP contribution in [0.4, 0.5) is 10.5 Å². The van der Waals surface area contributed by atoms with Crippen molar-refractivity contribution in [2.45, 2.75) is 20.3 Å². The van der Waals surface area contributed by atoms with Crippen LogP contribution >= 0.6 is 0 Å². The van der Waals surface area contributed by atoms with Gasteiger partial charge in [-0.15, -0.1) is 6.58 Å². The second-order valence-corrected chi connectivity index (χ2v) is 7.21. The van der Waals surface area contributed by atoms with Crippen LogP contribution < -0.4 is 19.7 Å². The number of ether oxygens (including phenoxy) is 2. The molecule has 1 N–H and O–H groups in total. The first-order chi connectivity index (χ1) is 14.8. The summed E-state index contributed by atoms with van der Waals surface area (Å²) in [6.07, 6.45) is 3.66. The molecule has 4 amide bonds. The molecule has 1 heterocycles. The van der Waals surface area contributed by atoms with E-state index in [2.05, 4.69) is 11.9 Å². The van der Waals surface area contributed by atoms with Crippen molar-refractivity contribution in [2.24, 2.45) is 0 Å². The minimum absolute atomic E-state index is 0.157. The number of aryl methyl sites for hydroxylation is 2. The van der Waals surface area contributed by atoms with E-state index in [0.717, 1.165) is 21.6 Å². The zero-order chi connectivity index (χ0) is 22.7. The lowest BCUT2D eigenvalue weighted by Gasteiger charge is -2.27. The predicted molar refractivity (Wildman–Crippen MR) is 118 cm³/mol. The van der Waals surface area contributed by atoms with E-state index in [1.54, 1.807) is 30.3 Å². The molecule has 2 aromatic carbocycles. The Kier molecular flexibility index (Phi) is 6.25. The molecule has 0 saturated carbocycles. The minimum Gasteiger partial charge on any atom is -0.493 e. The van der Waals surface area contributed by atoms with E-state index in [4.69, 9.17) is 9.47 Å². The van der Waals surface area contributed by atoms with E-state index in [1.807, 2.05) is 19.9 Å². The number of nitrogens with zero attached hydrogens (tertiary/aromatic N) is 1. The lowest BCUT2D eigenvalue weighted by molar-refractivity contribution is -0.122. The number of imide groups is 2. The quantitative estimate of drug-likeness (QED) is 0.437. The Bertz CT molecular complexity index is 1100. The molecule has 7 heteroatoms. The van der Waals surface area contributed by atoms with E-state index < -0.39 is 17.8 Å². The number of methoxy groups -OCH3 is 2. The summed E-state index contributed by atoms with van der Waals surface area (Å²) in [6, 6.07) is 8.04. The van der Waals surface area contributed by atoms with Crippen molar-refractivity contribution in [3.63, 3.8) is 0 Å². The predicted octanol–water partition coefficient (Wildman–Crippen LogP) is 3.72. The molecule has 0 radical (unpaired) electrons. The number of rotatable bonds is 6. The maximum Gasteiger partial charge on any atom is 0.335 e. The fourth-order valence-corrected chi connectivity index (χ4v) is 3.60. The summed E-state index contributed by atoms with van der Waals surface area (Å²) in [5, 5.41) is 2.25. The molecule has 0 aliphatic carbocycles. The maximum absolute atomic E-state index is 13.2. The van der Waals surface area contributed by atoms with Gasteiger partial charge in [0.15, 0.2) is 11.5 Å². The number of urea groups is 1. The third kappa shape index (κ3) is 4.35. The van der Waals surface area contributed by atoms with Gasteiger partial charge in [0.05, 0.1) is 19.9 Å². The number of allylic oxidation sites excluding steroid dienone is 1. The van der Waals surface area contributed by atoms with Crippen LogP contribution in [0.25, 0.3) is 6.08 Å². The Balaban J connectivity index is 2.09. The molecule has 1 saturated heterocycles. The van der Waals surface area contributed by atoms with Gasteiger partial charge >= 0.3 is 6.03 Å². The standard InChI is InChI=1S/C24H24N2O5/c1-6-7-17-11-16(13-20(30-4)21(17)31-5)12-19-22(27)25-24(29)26(23(19)28)18-9-14(2)8-15(3)10-18/h6,8-13H,1,7H2,2-5H3,(H,25,27,29). The summed E-state index contributed by atoms with van der Waals surface area (Å²) in [5.74, 6) is -0.440. The monoisotopic (exact) mass is 420 g/mol. The van der Waals surface area contributed by atoms with Gasteiger partial charge < -0.3 is 9.47 Å². The van der Waals surface area contributed by atoms with Gasteiger partial charge in [-0.3, -0.25) is 14.9 Å². The van der Waals surface area contributed by atoms with Gasteiger partial charge in [-0.25, -0.2) is 9.69 Å². The highest BCUT2D eigenvalue weighted by Crippen LogP contribution is 2.34. The second kappa shape index (κ2) is 8.87. The lowest BCUT2D eigenvalue weighted by Crippen LogP contribution is -2.54. The fourth-order valence-electron chi connectivity index (χ4n) is 3.60. The molecule has 3 rings (SSSR count). The highest BCUT2D eigenvalue weighted by Gasteiger charge is 2.37. The van der Waals surface area contributed by atoms with Gasteiger partial charge in [-0.05, 0) is 67.3 Å². The van der Waals surface area contributed by atoms with Crippen LogP contribution in [0.3, 0.4) is 0 Å². The fraction of sp³-hybridized carbons (Fsp3) is 0.208. The van der Waals surface area contributed by atoms with Crippen molar-refractivity contribution in [1.82, 2.24) is 5.32 Å². The Morgan fingerprint density at radius 3 is 2.26 bits per heavy atom. The van der Waals surface area contributed by atoms with Gasteiger partial charge in [0, 0.05) is 5.56 Å². The number of carbonyl (C=O) groups excluding carboxylic acids is 3. The number of carbonyl (C=O) groups is 3. The first-order valence-electron chi connectivity index (χ1n) is 9.64. The third-order valence-electron chi connectivity index (χ3n) is 4.82. The van der Waals surface area contributed by atoms with Crippen molar-refractivity contribution < 1.29 is 23.9 Å². The molecule has 1 fully saturated rings. The molecule has 0 aromatic heterocycles. The number of benzene rings is 2. The number of amides is 4. The van der Waals surface area contributed by atoms with Crippen LogP contribution in [0.1, 0.15) is 22.3 Å². The van der Waals surface area contributed by atoms with Crippen LogP contribution in [0, 0.1) is 13.8 Å². The topological polar surface area (TPSA) is 84.9 Å². The van der Waals surface area contributed by atoms with Crippen molar-refractivity contribution in [3.8, 4) is 11.5 Å². The number of hydrogen-bond acceptors (Lipinski definition) is 5. The Labute approximate surface area is 181 Å². The molecular formula is C24H24N2O5. The molecule has 2 aromatic rings. The van der Waals surface area contributed by atoms with Crippen molar-refractivity contribution in [1.29, 1.82) is 0 Å². The molecule has 1 aliphatic heterocycles. The van der Waals surface area contributed by atoms with E-state index in [1.165, 1.54) is 20.3 Å². The van der Waals surface area contributed by atoms with Gasteiger partial charge in [-0.2, -0.15) is 0 Å². The van der Waals surface area contributed by atoms with Gasteiger partial charge in [0.1, 0.15) is 5.57 Å². The van der Waals surface area contributed by atoms with Gasteiger partial charge in [0.2, 0.25) is 0 Å². The van der Waals surface area contributed by atoms with Crippen LogP contribution in [0.5, 0.6) is 11.5 Å². The average Bonchev–Trinajstić information content (AvgIpc) is 2.70. The van der Waals surface area contributed by atoms with E-state index in [9.17, 15) is 14.4 Å². The average molecular weight is 420 g/mol. The van der Waals surface area contributed by atoms with Crippen LogP contribution in [-0.2, 0) is 16.0 Å². The molecule has 0 bridgehead atoms. The highest BCUT2D eigenvalue weighted by atomic mass is 16.5. The summed E-state index contributed by atoms with van der Waals surface area (Å²) in [6.45, 7) is 7.49. The zero-order valence-corrected chi connectivity index (χ0v) is 17.9. The number of nitrogens with one attached hydrogen (secondary N) is 1.